The number of rotatable bonds is 10. The summed E-state index contributed by atoms with van der Waals surface area (Å²) in [4.78, 5) is 2.63. The van der Waals surface area contributed by atoms with Gasteiger partial charge in [-0.1, -0.05) is 60.1 Å². The Balaban J connectivity index is 1.19. The topological polar surface area (TPSA) is 43.7 Å². The fraction of sp³-hybridized carbons (Fsp3) is 0.643. The summed E-state index contributed by atoms with van der Waals surface area (Å²) < 4.78 is 0. The van der Waals surface area contributed by atoms with Gasteiger partial charge < -0.3 is 15.1 Å². The van der Waals surface area contributed by atoms with Crippen LogP contribution < -0.4 is 0 Å². The zero-order valence-electron chi connectivity index (χ0n) is 19.7. The van der Waals surface area contributed by atoms with Crippen molar-refractivity contribution >= 4 is 11.8 Å². The van der Waals surface area contributed by atoms with Crippen LogP contribution in [0.5, 0.6) is 0 Å². The third kappa shape index (κ3) is 6.72. The number of allylic oxidation sites excluding steroid dienone is 1. The molecule has 1 aromatic carbocycles. The Labute approximate surface area is 199 Å². The van der Waals surface area contributed by atoms with Crippen LogP contribution >= 0.6 is 11.8 Å². The second kappa shape index (κ2) is 11.9. The molecule has 1 heterocycles. The van der Waals surface area contributed by atoms with Gasteiger partial charge in [-0.2, -0.15) is 11.8 Å². The van der Waals surface area contributed by atoms with Gasteiger partial charge >= 0.3 is 0 Å². The van der Waals surface area contributed by atoms with Crippen molar-refractivity contribution in [2.45, 2.75) is 64.1 Å². The van der Waals surface area contributed by atoms with E-state index >= 15 is 0 Å². The Bertz CT molecular complexity index is 785. The minimum absolute atomic E-state index is 0.171. The Kier molecular flexibility index (Phi) is 8.93. The largest absolute Gasteiger partial charge is 0.392 e. The summed E-state index contributed by atoms with van der Waals surface area (Å²) in [5.41, 5.74) is 3.96. The second-order valence-electron chi connectivity index (χ2n) is 10.2. The summed E-state index contributed by atoms with van der Waals surface area (Å²) in [5, 5.41) is 21.1. The average Bonchev–Trinajstić information content (AvgIpc) is 3.29. The molecular formula is C28H41NO2S. The van der Waals surface area contributed by atoms with Crippen molar-refractivity contribution in [3.05, 3.63) is 59.2 Å². The number of piperidine rings is 1. The molecule has 0 spiro atoms. The van der Waals surface area contributed by atoms with Gasteiger partial charge in [-0.25, -0.2) is 0 Å². The van der Waals surface area contributed by atoms with Crippen molar-refractivity contribution in [2.24, 2.45) is 17.8 Å². The SMILES string of the molecule is Cc1cccc(C[C@@H](O)C=C[C@@H]2[C@H]3CC(CSCCCN4CCCCC4)=C[C@H]3C[C@H]2O)c1. The zero-order chi connectivity index (χ0) is 22.3. The third-order valence-electron chi connectivity index (χ3n) is 7.53. The molecule has 1 saturated carbocycles. The molecule has 176 valence electrons. The molecule has 0 amide bonds. The van der Waals surface area contributed by atoms with Crippen molar-refractivity contribution < 1.29 is 10.2 Å². The van der Waals surface area contributed by atoms with Crippen LogP contribution in [0.3, 0.4) is 0 Å². The van der Waals surface area contributed by atoms with E-state index in [9.17, 15) is 10.2 Å². The monoisotopic (exact) mass is 455 g/mol. The van der Waals surface area contributed by atoms with Gasteiger partial charge in [0.15, 0.2) is 0 Å². The number of nitrogens with zero attached hydrogens (tertiary/aromatic N) is 1. The van der Waals surface area contributed by atoms with E-state index in [1.54, 1.807) is 5.57 Å². The number of benzene rings is 1. The molecule has 32 heavy (non-hydrogen) atoms. The quantitative estimate of drug-likeness (QED) is 0.385. The molecule has 0 bridgehead atoms. The number of aryl methyl sites for hydroxylation is 1. The number of likely N-dealkylation sites (tertiary alicyclic amines) is 1. The maximum atomic E-state index is 10.6. The van der Waals surface area contributed by atoms with Crippen LogP contribution in [-0.2, 0) is 6.42 Å². The van der Waals surface area contributed by atoms with Crippen molar-refractivity contribution in [2.75, 3.05) is 31.1 Å². The van der Waals surface area contributed by atoms with Crippen LogP contribution in [0.1, 0.15) is 49.7 Å². The molecule has 2 N–H and O–H groups in total. The van der Waals surface area contributed by atoms with Crippen LogP contribution in [0.25, 0.3) is 0 Å². The smallest absolute Gasteiger partial charge is 0.0761 e. The first-order valence-electron chi connectivity index (χ1n) is 12.7. The highest BCUT2D eigenvalue weighted by Gasteiger charge is 2.43. The Hall–Kier alpha value is -1.07. The Morgan fingerprint density at radius 3 is 2.88 bits per heavy atom. The standard InChI is InChI=1S/C28H41NO2S/c1-21-7-5-8-22(15-21)17-25(30)9-10-26-27-18-23(16-24(27)19-28(26)31)20-32-14-6-13-29-11-3-2-4-12-29/h5,7-10,15-16,24-28,30-31H,2-4,6,11-14,17-20H2,1H3/t24-,25-,26+,27-,28+/m0/s1. The molecule has 4 heteroatoms. The number of hydrogen-bond donors (Lipinski definition) is 2. The molecule has 2 fully saturated rings. The normalized spacial score (nSPS) is 29.4. The van der Waals surface area contributed by atoms with Gasteiger partial charge in [0, 0.05) is 18.1 Å². The van der Waals surface area contributed by atoms with Crippen molar-refractivity contribution in [3.8, 4) is 0 Å². The van der Waals surface area contributed by atoms with Gasteiger partial charge in [0.1, 0.15) is 0 Å². The van der Waals surface area contributed by atoms with Crippen LogP contribution in [-0.4, -0.2) is 58.5 Å². The molecule has 1 aromatic rings. The highest BCUT2D eigenvalue weighted by Crippen LogP contribution is 2.47. The predicted molar refractivity (Wildman–Crippen MR) is 136 cm³/mol. The van der Waals surface area contributed by atoms with E-state index in [-0.39, 0.29) is 12.0 Å². The van der Waals surface area contributed by atoms with Crippen LogP contribution in [0.2, 0.25) is 0 Å². The second-order valence-corrected chi connectivity index (χ2v) is 11.3. The molecule has 4 rings (SSSR count). The fourth-order valence-corrected chi connectivity index (χ4v) is 6.85. The average molecular weight is 456 g/mol. The lowest BCUT2D eigenvalue weighted by atomic mass is 9.89. The zero-order valence-corrected chi connectivity index (χ0v) is 20.5. The highest BCUT2D eigenvalue weighted by atomic mass is 32.2. The van der Waals surface area contributed by atoms with Gasteiger partial charge in [0.2, 0.25) is 0 Å². The maximum Gasteiger partial charge on any atom is 0.0761 e. The molecular weight excluding hydrogens is 414 g/mol. The van der Waals surface area contributed by atoms with Gasteiger partial charge in [-0.3, -0.25) is 0 Å². The molecule has 1 aliphatic heterocycles. The summed E-state index contributed by atoms with van der Waals surface area (Å²) in [5.74, 6) is 3.59. The van der Waals surface area contributed by atoms with Gasteiger partial charge in [-0.05, 0) is 81.8 Å². The van der Waals surface area contributed by atoms with E-state index in [0.717, 1.165) is 24.2 Å². The van der Waals surface area contributed by atoms with E-state index < -0.39 is 6.10 Å². The minimum Gasteiger partial charge on any atom is -0.392 e. The predicted octanol–water partition coefficient (Wildman–Crippen LogP) is 5.01. The lowest BCUT2D eigenvalue weighted by molar-refractivity contribution is 0.140. The number of hydrogen-bond acceptors (Lipinski definition) is 4. The summed E-state index contributed by atoms with van der Waals surface area (Å²) in [6.07, 6.45) is 13.8. The van der Waals surface area contributed by atoms with E-state index in [2.05, 4.69) is 53.9 Å². The van der Waals surface area contributed by atoms with E-state index in [0.29, 0.717) is 18.3 Å². The molecule has 3 aliphatic rings. The third-order valence-corrected chi connectivity index (χ3v) is 8.68. The van der Waals surface area contributed by atoms with Crippen LogP contribution in [0, 0.1) is 24.7 Å². The molecule has 0 unspecified atom stereocenters. The number of fused-ring (bicyclic) bond motifs is 1. The van der Waals surface area contributed by atoms with Gasteiger partial charge in [-0.15, -0.1) is 0 Å². The molecule has 0 aromatic heterocycles. The number of aliphatic hydroxyl groups is 2. The minimum atomic E-state index is -0.493. The number of aliphatic hydroxyl groups excluding tert-OH is 2. The molecule has 2 aliphatic carbocycles. The summed E-state index contributed by atoms with van der Waals surface area (Å²) in [6.45, 7) is 5.95. The van der Waals surface area contributed by atoms with Gasteiger partial charge in [0.25, 0.3) is 0 Å². The molecule has 5 atom stereocenters. The Morgan fingerprint density at radius 1 is 1.22 bits per heavy atom. The van der Waals surface area contributed by atoms with Crippen LogP contribution in [0.15, 0.2) is 48.1 Å². The summed E-state index contributed by atoms with van der Waals surface area (Å²) >= 11 is 2.08. The fourth-order valence-electron chi connectivity index (χ4n) is 5.89. The first-order chi connectivity index (χ1) is 15.6. The summed E-state index contributed by atoms with van der Waals surface area (Å²) in [7, 11) is 0. The number of thioether (sulfide) groups is 1. The van der Waals surface area contributed by atoms with Gasteiger partial charge in [0.05, 0.1) is 12.2 Å². The lowest BCUT2D eigenvalue weighted by Gasteiger charge is -2.26. The molecule has 0 radical (unpaired) electrons. The van der Waals surface area contributed by atoms with Crippen molar-refractivity contribution in [3.63, 3.8) is 0 Å². The maximum absolute atomic E-state index is 10.6. The van der Waals surface area contributed by atoms with Crippen molar-refractivity contribution in [1.29, 1.82) is 0 Å². The summed E-state index contributed by atoms with van der Waals surface area (Å²) in [6, 6.07) is 8.33. The lowest BCUT2D eigenvalue weighted by Crippen LogP contribution is -2.30. The van der Waals surface area contributed by atoms with Crippen molar-refractivity contribution in [1.82, 2.24) is 4.90 Å². The highest BCUT2D eigenvalue weighted by molar-refractivity contribution is 7.99. The van der Waals surface area contributed by atoms with E-state index in [1.165, 1.54) is 56.6 Å². The Morgan fingerprint density at radius 2 is 2.06 bits per heavy atom. The van der Waals surface area contributed by atoms with E-state index in [1.807, 2.05) is 12.1 Å². The molecule has 1 saturated heterocycles. The van der Waals surface area contributed by atoms with Crippen LogP contribution in [0.4, 0.5) is 0 Å². The van der Waals surface area contributed by atoms with E-state index in [4.69, 9.17) is 0 Å². The molecule has 3 nitrogen and oxygen atoms in total. The first kappa shape index (κ1) is 24.1. The first-order valence-corrected chi connectivity index (χ1v) is 13.8.